The van der Waals surface area contributed by atoms with Crippen LogP contribution in [0.15, 0.2) is 116 Å². The standard InChI is InChI=1S/C28H19N3/c1-3-8-20(9-4-1)22-12-14-26-24(18-22)25-19-23(21-10-5-2-6-11-21)13-15-27(25)31(26)28-29-16-7-17-30-28/h1-19H. The molecule has 0 aliphatic heterocycles. The molecule has 0 N–H and O–H groups in total. The van der Waals surface area contributed by atoms with Gasteiger partial charge in [-0.1, -0.05) is 72.8 Å². The molecule has 4 aromatic carbocycles. The summed E-state index contributed by atoms with van der Waals surface area (Å²) in [6.07, 6.45) is 3.58. The van der Waals surface area contributed by atoms with E-state index in [9.17, 15) is 0 Å². The summed E-state index contributed by atoms with van der Waals surface area (Å²) in [5.74, 6) is 0.683. The summed E-state index contributed by atoms with van der Waals surface area (Å²) < 4.78 is 2.15. The second-order valence-electron chi connectivity index (χ2n) is 7.58. The fraction of sp³-hybridized carbons (Fsp3) is 0. The van der Waals surface area contributed by atoms with E-state index in [2.05, 4.69) is 99.5 Å². The van der Waals surface area contributed by atoms with Crippen molar-refractivity contribution in [3.05, 3.63) is 116 Å². The molecule has 0 aliphatic rings. The third-order valence-corrected chi connectivity index (χ3v) is 5.73. The van der Waals surface area contributed by atoms with Crippen LogP contribution in [-0.4, -0.2) is 14.5 Å². The van der Waals surface area contributed by atoms with Crippen molar-refractivity contribution >= 4 is 21.8 Å². The highest BCUT2D eigenvalue weighted by Crippen LogP contribution is 2.36. The van der Waals surface area contributed by atoms with Crippen LogP contribution in [0.4, 0.5) is 0 Å². The monoisotopic (exact) mass is 397 g/mol. The molecule has 0 amide bonds. The van der Waals surface area contributed by atoms with Crippen LogP contribution < -0.4 is 0 Å². The van der Waals surface area contributed by atoms with E-state index >= 15 is 0 Å². The van der Waals surface area contributed by atoms with Gasteiger partial charge in [0.15, 0.2) is 0 Å². The smallest absolute Gasteiger partial charge is 0.234 e. The van der Waals surface area contributed by atoms with E-state index < -0.39 is 0 Å². The molecule has 3 nitrogen and oxygen atoms in total. The van der Waals surface area contributed by atoms with Gasteiger partial charge in [-0.25, -0.2) is 9.97 Å². The minimum absolute atomic E-state index is 0.683. The number of hydrogen-bond donors (Lipinski definition) is 0. The van der Waals surface area contributed by atoms with Gasteiger partial charge in [0.25, 0.3) is 0 Å². The average molecular weight is 397 g/mol. The van der Waals surface area contributed by atoms with Gasteiger partial charge in [0.05, 0.1) is 11.0 Å². The van der Waals surface area contributed by atoms with Crippen LogP contribution in [0.5, 0.6) is 0 Å². The molecule has 0 atom stereocenters. The summed E-state index contributed by atoms with van der Waals surface area (Å²) >= 11 is 0. The molecule has 6 aromatic rings. The molecule has 0 spiro atoms. The fourth-order valence-corrected chi connectivity index (χ4v) is 4.27. The van der Waals surface area contributed by atoms with Gasteiger partial charge < -0.3 is 0 Å². The average Bonchev–Trinajstić information content (AvgIpc) is 3.18. The van der Waals surface area contributed by atoms with E-state index in [1.54, 1.807) is 12.4 Å². The zero-order valence-corrected chi connectivity index (χ0v) is 16.8. The van der Waals surface area contributed by atoms with E-state index in [1.807, 2.05) is 18.2 Å². The van der Waals surface area contributed by atoms with Crippen molar-refractivity contribution in [3.63, 3.8) is 0 Å². The van der Waals surface area contributed by atoms with E-state index in [-0.39, 0.29) is 0 Å². The Balaban J connectivity index is 1.67. The number of hydrogen-bond acceptors (Lipinski definition) is 2. The normalized spacial score (nSPS) is 11.2. The first kappa shape index (κ1) is 17.6. The van der Waals surface area contributed by atoms with Gasteiger partial charge >= 0.3 is 0 Å². The van der Waals surface area contributed by atoms with Gasteiger partial charge in [-0.15, -0.1) is 0 Å². The van der Waals surface area contributed by atoms with Crippen LogP contribution in [0.25, 0.3) is 50.0 Å². The quantitative estimate of drug-likeness (QED) is 0.325. The number of nitrogens with zero attached hydrogens (tertiary/aromatic N) is 3. The Morgan fingerprint density at radius 1 is 0.452 bits per heavy atom. The first-order valence-electron chi connectivity index (χ1n) is 10.3. The lowest BCUT2D eigenvalue weighted by molar-refractivity contribution is 0.988. The minimum atomic E-state index is 0.683. The van der Waals surface area contributed by atoms with Crippen molar-refractivity contribution < 1.29 is 0 Å². The largest absolute Gasteiger partial charge is 0.278 e. The van der Waals surface area contributed by atoms with Gasteiger partial charge in [0.2, 0.25) is 5.95 Å². The number of fused-ring (bicyclic) bond motifs is 3. The highest BCUT2D eigenvalue weighted by molar-refractivity contribution is 6.11. The maximum Gasteiger partial charge on any atom is 0.234 e. The van der Waals surface area contributed by atoms with Crippen LogP contribution in [0.2, 0.25) is 0 Å². The van der Waals surface area contributed by atoms with Crippen LogP contribution in [0.1, 0.15) is 0 Å². The Hall–Kier alpha value is -4.24. The zero-order valence-electron chi connectivity index (χ0n) is 16.8. The Bertz CT molecular complexity index is 1410. The maximum absolute atomic E-state index is 4.53. The first-order chi connectivity index (χ1) is 15.4. The van der Waals surface area contributed by atoms with Crippen molar-refractivity contribution in [1.29, 1.82) is 0 Å². The summed E-state index contributed by atoms with van der Waals surface area (Å²) in [4.78, 5) is 9.07. The third-order valence-electron chi connectivity index (χ3n) is 5.73. The lowest BCUT2D eigenvalue weighted by atomic mass is 10.0. The van der Waals surface area contributed by atoms with Crippen molar-refractivity contribution in [2.45, 2.75) is 0 Å². The molecule has 0 fully saturated rings. The number of aromatic nitrogens is 3. The Morgan fingerprint density at radius 2 is 0.935 bits per heavy atom. The second-order valence-corrected chi connectivity index (χ2v) is 7.58. The molecule has 146 valence electrons. The van der Waals surface area contributed by atoms with E-state index in [0.29, 0.717) is 5.95 Å². The molecule has 3 heteroatoms. The highest BCUT2D eigenvalue weighted by Gasteiger charge is 2.15. The predicted molar refractivity (Wildman–Crippen MR) is 127 cm³/mol. The minimum Gasteiger partial charge on any atom is -0.278 e. The molecule has 0 saturated carbocycles. The Kier molecular flexibility index (Phi) is 4.10. The van der Waals surface area contributed by atoms with Crippen LogP contribution in [0, 0.1) is 0 Å². The summed E-state index contributed by atoms with van der Waals surface area (Å²) in [6, 6.07) is 36.1. The molecule has 0 bridgehead atoms. The lowest BCUT2D eigenvalue weighted by Gasteiger charge is -2.06. The van der Waals surface area contributed by atoms with Crippen molar-refractivity contribution in [2.75, 3.05) is 0 Å². The van der Waals surface area contributed by atoms with E-state index in [4.69, 9.17) is 0 Å². The summed E-state index contributed by atoms with van der Waals surface area (Å²) in [5.41, 5.74) is 7.02. The molecule has 0 unspecified atom stereocenters. The molecule has 0 radical (unpaired) electrons. The molecule has 6 rings (SSSR count). The van der Waals surface area contributed by atoms with Gasteiger partial charge in [0, 0.05) is 23.2 Å². The highest BCUT2D eigenvalue weighted by atomic mass is 15.1. The summed E-state index contributed by atoms with van der Waals surface area (Å²) in [7, 11) is 0. The molecule has 31 heavy (non-hydrogen) atoms. The zero-order chi connectivity index (χ0) is 20.6. The number of benzene rings is 4. The molecule has 2 heterocycles. The molecule has 2 aromatic heterocycles. The second kappa shape index (κ2) is 7.22. The Labute approximate surface area is 180 Å². The van der Waals surface area contributed by atoms with Crippen molar-refractivity contribution in [3.8, 4) is 28.2 Å². The molecule has 0 aliphatic carbocycles. The molecular weight excluding hydrogens is 378 g/mol. The number of rotatable bonds is 3. The Morgan fingerprint density at radius 3 is 1.42 bits per heavy atom. The van der Waals surface area contributed by atoms with Gasteiger partial charge in [-0.2, -0.15) is 0 Å². The SMILES string of the molecule is c1ccc(-c2ccc3c(c2)c2cc(-c4ccccc4)ccc2n3-c2ncccn2)cc1. The first-order valence-corrected chi connectivity index (χ1v) is 10.3. The fourth-order valence-electron chi connectivity index (χ4n) is 4.27. The van der Waals surface area contributed by atoms with Crippen LogP contribution in [-0.2, 0) is 0 Å². The van der Waals surface area contributed by atoms with Crippen molar-refractivity contribution in [1.82, 2.24) is 14.5 Å². The lowest BCUT2D eigenvalue weighted by Crippen LogP contribution is -1.99. The van der Waals surface area contributed by atoms with Gasteiger partial charge in [-0.3, -0.25) is 4.57 Å². The van der Waals surface area contributed by atoms with Crippen LogP contribution in [0.3, 0.4) is 0 Å². The summed E-state index contributed by atoms with van der Waals surface area (Å²) in [6.45, 7) is 0. The van der Waals surface area contributed by atoms with Crippen molar-refractivity contribution in [2.24, 2.45) is 0 Å². The molecule has 0 saturated heterocycles. The van der Waals surface area contributed by atoms with E-state index in [1.165, 1.54) is 33.0 Å². The predicted octanol–water partition coefficient (Wildman–Crippen LogP) is 6.91. The van der Waals surface area contributed by atoms with Gasteiger partial charge in [-0.05, 0) is 52.6 Å². The van der Waals surface area contributed by atoms with Gasteiger partial charge in [0.1, 0.15) is 0 Å². The van der Waals surface area contributed by atoms with E-state index in [0.717, 1.165) is 11.0 Å². The summed E-state index contributed by atoms with van der Waals surface area (Å²) in [5, 5.41) is 2.39. The molecular formula is C28H19N3. The van der Waals surface area contributed by atoms with Crippen LogP contribution >= 0.6 is 0 Å². The topological polar surface area (TPSA) is 30.7 Å². The maximum atomic E-state index is 4.53. The third kappa shape index (κ3) is 2.99.